The number of thioether (sulfide) groups is 1. The number of ether oxygens (including phenoxy) is 4. The molecule has 3 aromatic rings. The highest BCUT2D eigenvalue weighted by molar-refractivity contribution is 8.00. The Bertz CT molecular complexity index is 1570. The molecule has 12 nitrogen and oxygen atoms in total. The smallest absolute Gasteiger partial charge is 0.348 e. The number of nitrogens with one attached hydrogen (secondary N) is 1. The van der Waals surface area contributed by atoms with Crippen molar-refractivity contribution in [2.24, 2.45) is 4.99 Å². The van der Waals surface area contributed by atoms with Crippen molar-refractivity contribution in [3.05, 3.63) is 44.6 Å². The molecule has 0 radical (unpaired) electrons. The molecule has 0 unspecified atom stereocenters. The summed E-state index contributed by atoms with van der Waals surface area (Å²) in [5.41, 5.74) is 1.64. The first kappa shape index (κ1) is 34.0. The molecule has 0 spiro atoms. The lowest BCUT2D eigenvalue weighted by molar-refractivity contribution is -0.115. The molecule has 0 saturated carbocycles. The molecule has 0 aliphatic rings. The number of esters is 3. The number of thiophene rings is 1. The number of methoxy groups -OCH3 is 1. The maximum absolute atomic E-state index is 12.8. The second-order valence-corrected chi connectivity index (χ2v) is 11.7. The lowest BCUT2D eigenvalue weighted by Crippen LogP contribution is -2.20. The van der Waals surface area contributed by atoms with E-state index in [1.54, 1.807) is 53.0 Å². The third-order valence-electron chi connectivity index (χ3n) is 5.73. The van der Waals surface area contributed by atoms with Crippen LogP contribution in [0.1, 0.15) is 56.7 Å². The zero-order chi connectivity index (χ0) is 31.5. The van der Waals surface area contributed by atoms with Gasteiger partial charge in [0.1, 0.15) is 9.88 Å². The average molecular weight is 652 g/mol. The van der Waals surface area contributed by atoms with Crippen LogP contribution in [-0.4, -0.2) is 79.3 Å². The van der Waals surface area contributed by atoms with Crippen molar-refractivity contribution in [1.29, 1.82) is 0 Å². The van der Waals surface area contributed by atoms with Gasteiger partial charge in [-0.05, 0) is 51.5 Å². The van der Waals surface area contributed by atoms with Gasteiger partial charge >= 0.3 is 17.9 Å². The van der Waals surface area contributed by atoms with Crippen LogP contribution in [0.2, 0.25) is 0 Å². The quantitative estimate of drug-likeness (QED) is 0.200. The van der Waals surface area contributed by atoms with Crippen molar-refractivity contribution >= 4 is 79.4 Å². The highest BCUT2D eigenvalue weighted by Crippen LogP contribution is 2.34. The fraction of sp³-hybridized carbons (Fsp3) is 0.429. The summed E-state index contributed by atoms with van der Waals surface area (Å²) in [5.74, 6) is -2.80. The topological polar surface area (TPSA) is 152 Å². The molecule has 232 valence electrons. The number of aromatic nitrogens is 1. The van der Waals surface area contributed by atoms with E-state index < -0.39 is 29.7 Å². The van der Waals surface area contributed by atoms with Crippen molar-refractivity contribution in [1.82, 2.24) is 4.57 Å². The van der Waals surface area contributed by atoms with E-state index in [2.05, 4.69) is 10.3 Å². The number of carbonyl (C=O) groups excluding carboxylic acids is 5. The minimum atomic E-state index is -0.664. The summed E-state index contributed by atoms with van der Waals surface area (Å²) in [6, 6.07) is 5.14. The van der Waals surface area contributed by atoms with Gasteiger partial charge in [-0.3, -0.25) is 9.59 Å². The Morgan fingerprint density at radius 2 is 1.60 bits per heavy atom. The predicted octanol–water partition coefficient (Wildman–Crippen LogP) is 4.05. The van der Waals surface area contributed by atoms with Crippen LogP contribution in [0.5, 0.6) is 0 Å². The van der Waals surface area contributed by atoms with E-state index in [-0.39, 0.29) is 46.8 Å². The number of benzene rings is 1. The summed E-state index contributed by atoms with van der Waals surface area (Å²) in [4.78, 5) is 67.5. The van der Waals surface area contributed by atoms with Crippen LogP contribution in [0.3, 0.4) is 0 Å². The second-order valence-electron chi connectivity index (χ2n) is 8.68. The first-order valence-electron chi connectivity index (χ1n) is 13.4. The fourth-order valence-electron chi connectivity index (χ4n) is 3.87. The summed E-state index contributed by atoms with van der Waals surface area (Å²) in [6.45, 7) is 8.00. The molecule has 2 aromatic heterocycles. The molecule has 15 heteroatoms. The van der Waals surface area contributed by atoms with Crippen LogP contribution in [0.15, 0.2) is 23.2 Å². The van der Waals surface area contributed by atoms with Crippen molar-refractivity contribution in [3.63, 3.8) is 0 Å². The van der Waals surface area contributed by atoms with E-state index in [0.717, 1.165) is 33.3 Å². The Kier molecular flexibility index (Phi) is 12.9. The highest BCUT2D eigenvalue weighted by Gasteiger charge is 2.27. The first-order chi connectivity index (χ1) is 20.6. The minimum Gasteiger partial charge on any atom is -0.462 e. The summed E-state index contributed by atoms with van der Waals surface area (Å²) < 4.78 is 23.1. The number of hydrogen-bond donors (Lipinski definition) is 1. The normalized spacial score (nSPS) is 11.4. The standard InChI is InChI=1S/C28H33N3O9S3/c1-6-38-25(34)17-9-10-18-19(13-17)42-28(31(18)11-12-37-5)30-21(33)15-41-14-20(32)29-24-22(26(35)39-7-2)16(4)23(43-24)27(36)40-8-3/h9-10,13H,6-8,11-12,14-15H2,1-5H3,(H,29,32). The van der Waals surface area contributed by atoms with E-state index in [4.69, 9.17) is 18.9 Å². The number of rotatable bonds is 14. The van der Waals surface area contributed by atoms with E-state index in [1.165, 1.54) is 11.3 Å². The molecule has 0 aliphatic heterocycles. The third-order valence-corrected chi connectivity index (χ3v) is 8.88. The number of anilines is 1. The number of carbonyl (C=O) groups is 5. The van der Waals surface area contributed by atoms with Gasteiger partial charge in [0.2, 0.25) is 5.91 Å². The van der Waals surface area contributed by atoms with Crippen LogP contribution in [0, 0.1) is 6.92 Å². The molecular formula is C28H33N3O9S3. The van der Waals surface area contributed by atoms with Gasteiger partial charge < -0.3 is 28.8 Å². The van der Waals surface area contributed by atoms with Gasteiger partial charge in [0.15, 0.2) is 4.80 Å². The third kappa shape index (κ3) is 8.75. The fourth-order valence-corrected chi connectivity index (χ4v) is 6.69. The molecule has 0 saturated heterocycles. The second kappa shape index (κ2) is 16.4. The highest BCUT2D eigenvalue weighted by atomic mass is 32.2. The lowest BCUT2D eigenvalue weighted by atomic mass is 10.1. The van der Waals surface area contributed by atoms with Crippen LogP contribution < -0.4 is 10.1 Å². The lowest BCUT2D eigenvalue weighted by Gasteiger charge is -2.07. The average Bonchev–Trinajstić information content (AvgIpc) is 3.47. The van der Waals surface area contributed by atoms with E-state index >= 15 is 0 Å². The van der Waals surface area contributed by atoms with Crippen molar-refractivity contribution in [2.75, 3.05) is 50.4 Å². The maximum atomic E-state index is 12.8. The molecule has 1 N–H and O–H groups in total. The minimum absolute atomic E-state index is 0.0811. The van der Waals surface area contributed by atoms with Crippen molar-refractivity contribution in [3.8, 4) is 0 Å². The number of hydrogen-bond acceptors (Lipinski definition) is 12. The Balaban J connectivity index is 1.73. The molecule has 43 heavy (non-hydrogen) atoms. The van der Waals surface area contributed by atoms with Gasteiger partial charge in [-0.25, -0.2) is 14.4 Å². The maximum Gasteiger partial charge on any atom is 0.348 e. The van der Waals surface area contributed by atoms with Gasteiger partial charge in [0.25, 0.3) is 5.91 Å². The van der Waals surface area contributed by atoms with Gasteiger partial charge in [0, 0.05) is 13.7 Å². The zero-order valence-electron chi connectivity index (χ0n) is 24.5. The van der Waals surface area contributed by atoms with E-state index in [9.17, 15) is 24.0 Å². The molecule has 0 fully saturated rings. The SMILES string of the molecule is CCOC(=O)c1ccc2c(c1)sc(=NC(=O)CSCC(=O)Nc1sc(C(=O)OCC)c(C)c1C(=O)OCC)n2CCOC. The number of amides is 2. The Labute approximate surface area is 260 Å². The predicted molar refractivity (Wildman–Crippen MR) is 165 cm³/mol. The van der Waals surface area contributed by atoms with Crippen molar-refractivity contribution < 1.29 is 42.9 Å². The first-order valence-corrected chi connectivity index (χ1v) is 16.2. The molecule has 1 aromatic carbocycles. The Morgan fingerprint density at radius 1 is 0.930 bits per heavy atom. The van der Waals surface area contributed by atoms with E-state index in [1.807, 2.05) is 4.57 Å². The Morgan fingerprint density at radius 3 is 2.28 bits per heavy atom. The Hall–Kier alpha value is -3.53. The number of fused-ring (bicyclic) bond motifs is 1. The molecule has 0 bridgehead atoms. The number of nitrogens with zero attached hydrogens (tertiary/aromatic N) is 2. The van der Waals surface area contributed by atoms with Gasteiger partial charge in [0.05, 0.1) is 59.3 Å². The van der Waals surface area contributed by atoms with Gasteiger partial charge in [-0.2, -0.15) is 4.99 Å². The molecule has 2 heterocycles. The summed E-state index contributed by atoms with van der Waals surface area (Å²) in [7, 11) is 1.57. The molecule has 0 atom stereocenters. The summed E-state index contributed by atoms with van der Waals surface area (Å²) >= 11 is 3.24. The molecular weight excluding hydrogens is 619 g/mol. The van der Waals surface area contributed by atoms with Crippen LogP contribution >= 0.6 is 34.4 Å². The van der Waals surface area contributed by atoms with Crippen LogP contribution in [0.4, 0.5) is 5.00 Å². The van der Waals surface area contributed by atoms with Crippen molar-refractivity contribution in [2.45, 2.75) is 34.2 Å². The van der Waals surface area contributed by atoms with Gasteiger partial charge in [-0.15, -0.1) is 23.1 Å². The summed E-state index contributed by atoms with van der Waals surface area (Å²) in [5, 5.41) is 2.83. The van der Waals surface area contributed by atoms with E-state index in [0.29, 0.717) is 29.1 Å². The largest absolute Gasteiger partial charge is 0.462 e. The number of thiazole rings is 1. The van der Waals surface area contributed by atoms with Crippen LogP contribution in [0.25, 0.3) is 10.2 Å². The summed E-state index contributed by atoms with van der Waals surface area (Å²) in [6.07, 6.45) is 0. The van der Waals surface area contributed by atoms with Gasteiger partial charge in [-0.1, -0.05) is 11.3 Å². The van der Waals surface area contributed by atoms with Crippen LogP contribution in [-0.2, 0) is 35.1 Å². The zero-order valence-corrected chi connectivity index (χ0v) is 26.9. The molecule has 3 rings (SSSR count). The monoisotopic (exact) mass is 651 g/mol. The molecule has 0 aliphatic carbocycles. The molecule has 2 amide bonds.